The van der Waals surface area contributed by atoms with E-state index in [4.69, 9.17) is 27.9 Å². The summed E-state index contributed by atoms with van der Waals surface area (Å²) in [5.41, 5.74) is 3.16. The van der Waals surface area contributed by atoms with Crippen molar-refractivity contribution in [2.24, 2.45) is 0 Å². The molecule has 150 valence electrons. The first-order valence-corrected chi connectivity index (χ1v) is 9.52. The molecular formula is C21H19Cl2N3O3. The molecule has 29 heavy (non-hydrogen) atoms. The van der Waals surface area contributed by atoms with E-state index in [1.165, 1.54) is 19.4 Å². The number of anilines is 1. The van der Waals surface area contributed by atoms with E-state index in [2.05, 4.69) is 10.3 Å². The zero-order valence-electron chi connectivity index (χ0n) is 16.1. The van der Waals surface area contributed by atoms with Crippen molar-refractivity contribution in [1.82, 2.24) is 9.55 Å². The van der Waals surface area contributed by atoms with Crippen molar-refractivity contribution < 1.29 is 14.3 Å². The first-order chi connectivity index (χ1) is 13.8. The average Bonchev–Trinajstić information content (AvgIpc) is 2.97. The molecule has 2 aromatic heterocycles. The van der Waals surface area contributed by atoms with Crippen LogP contribution in [0.25, 0.3) is 0 Å². The molecule has 0 saturated carbocycles. The van der Waals surface area contributed by atoms with E-state index in [0.29, 0.717) is 39.4 Å². The Kier molecular flexibility index (Phi) is 6.25. The summed E-state index contributed by atoms with van der Waals surface area (Å²) in [4.78, 5) is 29.2. The van der Waals surface area contributed by atoms with Crippen LogP contribution in [0.3, 0.4) is 0 Å². The number of aromatic nitrogens is 2. The lowest BCUT2D eigenvalue weighted by Gasteiger charge is -2.12. The van der Waals surface area contributed by atoms with Gasteiger partial charge in [0, 0.05) is 51.5 Å². The van der Waals surface area contributed by atoms with Gasteiger partial charge in [0.05, 0.1) is 7.11 Å². The number of halogens is 2. The Labute approximate surface area is 178 Å². The molecule has 0 atom stereocenters. The number of nitrogens with one attached hydrogen (secondary N) is 1. The smallest absolute Gasteiger partial charge is 0.296 e. The highest BCUT2D eigenvalue weighted by molar-refractivity contribution is 6.46. The van der Waals surface area contributed by atoms with Crippen LogP contribution in [0.2, 0.25) is 10.0 Å². The van der Waals surface area contributed by atoms with Crippen molar-refractivity contribution in [2.45, 2.75) is 20.4 Å². The lowest BCUT2D eigenvalue weighted by molar-refractivity contribution is -0.112. The van der Waals surface area contributed by atoms with Gasteiger partial charge >= 0.3 is 0 Å². The summed E-state index contributed by atoms with van der Waals surface area (Å²) in [5, 5.41) is 3.68. The molecule has 2 heterocycles. The van der Waals surface area contributed by atoms with Crippen LogP contribution in [-0.2, 0) is 11.3 Å². The molecule has 0 aliphatic carbocycles. The topological polar surface area (TPSA) is 73.2 Å². The number of nitrogens with zero attached hydrogens (tertiary/aromatic N) is 2. The van der Waals surface area contributed by atoms with Crippen LogP contribution in [0.15, 0.2) is 42.6 Å². The highest BCUT2D eigenvalue weighted by atomic mass is 35.5. The van der Waals surface area contributed by atoms with Gasteiger partial charge in [-0.25, -0.2) is 4.98 Å². The van der Waals surface area contributed by atoms with Crippen molar-refractivity contribution in [3.63, 3.8) is 0 Å². The summed E-state index contributed by atoms with van der Waals surface area (Å²) in [7, 11) is 1.47. The number of hydrogen-bond acceptors (Lipinski definition) is 4. The Bertz CT molecular complexity index is 1090. The maximum Gasteiger partial charge on any atom is 0.296 e. The molecule has 3 rings (SSSR count). The molecule has 0 bridgehead atoms. The minimum atomic E-state index is -0.733. The minimum absolute atomic E-state index is 0.339. The standard InChI is InChI=1S/C21H19Cl2N3O3/c1-12-8-17(13(2)26(12)11-14-4-5-15(22)9-18(14)23)20(27)21(28)25-16-6-7-24-19(10-16)29-3/h4-10H,11H2,1-3H3,(H,24,25,28). The Morgan fingerprint density at radius 1 is 1.14 bits per heavy atom. The van der Waals surface area contributed by atoms with E-state index in [1.54, 1.807) is 31.2 Å². The van der Waals surface area contributed by atoms with Crippen LogP contribution in [0.5, 0.6) is 5.88 Å². The number of hydrogen-bond donors (Lipinski definition) is 1. The number of rotatable bonds is 6. The third kappa shape index (κ3) is 4.60. The molecule has 0 unspecified atom stereocenters. The number of carbonyl (C=O) groups excluding carboxylic acids is 2. The first kappa shape index (κ1) is 20.9. The number of benzene rings is 1. The van der Waals surface area contributed by atoms with Crippen LogP contribution in [-0.4, -0.2) is 28.4 Å². The summed E-state index contributed by atoms with van der Waals surface area (Å²) < 4.78 is 6.96. The Hall–Kier alpha value is -2.83. The highest BCUT2D eigenvalue weighted by Gasteiger charge is 2.22. The molecule has 0 fully saturated rings. The molecule has 3 aromatic rings. The second-order valence-corrected chi connectivity index (χ2v) is 7.32. The van der Waals surface area contributed by atoms with Gasteiger partial charge in [-0.1, -0.05) is 29.3 Å². The summed E-state index contributed by atoms with van der Waals surface area (Å²) in [6.45, 7) is 4.14. The number of amides is 1. The molecule has 8 heteroatoms. The van der Waals surface area contributed by atoms with Crippen LogP contribution in [0.1, 0.15) is 27.3 Å². The number of methoxy groups -OCH3 is 1. The molecule has 1 aromatic carbocycles. The minimum Gasteiger partial charge on any atom is -0.481 e. The van der Waals surface area contributed by atoms with Gasteiger partial charge in [-0.2, -0.15) is 0 Å². The quantitative estimate of drug-likeness (QED) is 0.453. The lowest BCUT2D eigenvalue weighted by Crippen LogP contribution is -2.23. The number of ether oxygens (including phenoxy) is 1. The van der Waals surface area contributed by atoms with Crippen molar-refractivity contribution in [2.75, 3.05) is 12.4 Å². The van der Waals surface area contributed by atoms with Gasteiger partial charge in [-0.05, 0) is 43.7 Å². The van der Waals surface area contributed by atoms with Gasteiger partial charge in [0.1, 0.15) is 0 Å². The zero-order chi connectivity index (χ0) is 21.1. The van der Waals surface area contributed by atoms with Crippen LogP contribution < -0.4 is 10.1 Å². The zero-order valence-corrected chi connectivity index (χ0v) is 17.6. The highest BCUT2D eigenvalue weighted by Crippen LogP contribution is 2.25. The van der Waals surface area contributed by atoms with E-state index in [-0.39, 0.29) is 0 Å². The van der Waals surface area contributed by atoms with Gasteiger partial charge in [-0.15, -0.1) is 0 Å². The maximum atomic E-state index is 12.7. The fourth-order valence-electron chi connectivity index (χ4n) is 3.00. The summed E-state index contributed by atoms with van der Waals surface area (Å²) in [5.74, 6) is -1.02. The van der Waals surface area contributed by atoms with Crippen molar-refractivity contribution in [1.29, 1.82) is 0 Å². The van der Waals surface area contributed by atoms with Crippen LogP contribution in [0, 0.1) is 13.8 Å². The molecule has 1 N–H and O–H groups in total. The Balaban J connectivity index is 1.82. The predicted molar refractivity (Wildman–Crippen MR) is 113 cm³/mol. The van der Waals surface area contributed by atoms with Crippen LogP contribution in [0.4, 0.5) is 5.69 Å². The molecule has 1 amide bonds. The summed E-state index contributed by atoms with van der Waals surface area (Å²) >= 11 is 12.2. The van der Waals surface area contributed by atoms with E-state index in [0.717, 1.165) is 11.3 Å². The average molecular weight is 432 g/mol. The Morgan fingerprint density at radius 2 is 1.90 bits per heavy atom. The third-order valence-corrected chi connectivity index (χ3v) is 5.16. The summed E-state index contributed by atoms with van der Waals surface area (Å²) in [6.07, 6.45) is 1.49. The fourth-order valence-corrected chi connectivity index (χ4v) is 3.47. The lowest BCUT2D eigenvalue weighted by atomic mass is 10.1. The molecular weight excluding hydrogens is 413 g/mol. The van der Waals surface area contributed by atoms with Crippen molar-refractivity contribution in [3.05, 3.63) is 75.2 Å². The second-order valence-electron chi connectivity index (χ2n) is 6.48. The number of ketones is 1. The third-order valence-electron chi connectivity index (χ3n) is 4.57. The predicted octanol–water partition coefficient (Wildman–Crippen LogP) is 4.69. The molecule has 6 nitrogen and oxygen atoms in total. The largest absolute Gasteiger partial charge is 0.481 e. The van der Waals surface area contributed by atoms with Gasteiger partial charge in [-0.3, -0.25) is 9.59 Å². The van der Waals surface area contributed by atoms with E-state index < -0.39 is 11.7 Å². The number of pyridine rings is 1. The van der Waals surface area contributed by atoms with E-state index in [1.807, 2.05) is 17.6 Å². The molecule has 0 spiro atoms. The van der Waals surface area contributed by atoms with E-state index in [9.17, 15) is 9.59 Å². The second kappa shape index (κ2) is 8.68. The number of carbonyl (C=O) groups is 2. The van der Waals surface area contributed by atoms with Crippen molar-refractivity contribution >= 4 is 40.6 Å². The normalized spacial score (nSPS) is 10.7. The monoisotopic (exact) mass is 431 g/mol. The van der Waals surface area contributed by atoms with Gasteiger partial charge < -0.3 is 14.6 Å². The van der Waals surface area contributed by atoms with E-state index >= 15 is 0 Å². The maximum absolute atomic E-state index is 12.7. The Morgan fingerprint density at radius 3 is 2.59 bits per heavy atom. The molecule has 0 saturated heterocycles. The van der Waals surface area contributed by atoms with Gasteiger partial charge in [0.15, 0.2) is 0 Å². The number of aryl methyl sites for hydroxylation is 1. The summed E-state index contributed by atoms with van der Waals surface area (Å²) in [6, 6.07) is 10.1. The van der Waals surface area contributed by atoms with Gasteiger partial charge in [0.2, 0.25) is 5.88 Å². The molecule has 0 radical (unpaired) electrons. The SMILES string of the molecule is COc1cc(NC(=O)C(=O)c2cc(C)n(Cc3ccc(Cl)cc3Cl)c2C)ccn1. The van der Waals surface area contributed by atoms with Crippen LogP contribution >= 0.6 is 23.2 Å². The molecule has 0 aliphatic rings. The first-order valence-electron chi connectivity index (χ1n) is 8.76. The van der Waals surface area contributed by atoms with Crippen molar-refractivity contribution in [3.8, 4) is 5.88 Å². The molecule has 0 aliphatic heterocycles. The van der Waals surface area contributed by atoms with Gasteiger partial charge in [0.25, 0.3) is 11.7 Å². The number of Topliss-reactive ketones (excluding diaryl/α,β-unsaturated/α-hetero) is 1. The fraction of sp³-hybridized carbons (Fsp3) is 0.190.